The number of nitrogens with one attached hydrogen (secondary N) is 1. The summed E-state index contributed by atoms with van der Waals surface area (Å²) < 4.78 is 2.11. The lowest BCUT2D eigenvalue weighted by Gasteiger charge is -2.32. The minimum absolute atomic E-state index is 0.134. The maximum Gasteiger partial charge on any atom is 0.290 e. The second-order valence-corrected chi connectivity index (χ2v) is 7.85. The van der Waals surface area contributed by atoms with E-state index >= 15 is 0 Å². The molecular formula is C21H27ClN4O4. The van der Waals surface area contributed by atoms with E-state index in [0.29, 0.717) is 6.04 Å². The number of imidazole rings is 1. The van der Waals surface area contributed by atoms with Crippen LogP contribution in [0.4, 0.5) is 0 Å². The minimum atomic E-state index is -0.250. The van der Waals surface area contributed by atoms with Gasteiger partial charge in [-0.2, -0.15) is 0 Å². The molecule has 1 unspecified atom stereocenters. The summed E-state index contributed by atoms with van der Waals surface area (Å²) in [5.74, 6) is 0. The molecule has 0 radical (unpaired) electrons. The highest BCUT2D eigenvalue weighted by molar-refractivity contribution is 6.31. The van der Waals surface area contributed by atoms with E-state index in [4.69, 9.17) is 36.4 Å². The molecule has 0 bridgehead atoms. The summed E-state index contributed by atoms with van der Waals surface area (Å²) in [5.41, 5.74) is 2.14. The van der Waals surface area contributed by atoms with Crippen LogP contribution in [0.1, 0.15) is 26.5 Å². The third kappa shape index (κ3) is 8.59. The second-order valence-electron chi connectivity index (χ2n) is 7.41. The van der Waals surface area contributed by atoms with Crippen LogP contribution in [-0.4, -0.2) is 43.7 Å². The van der Waals surface area contributed by atoms with Gasteiger partial charge in [0.25, 0.3) is 12.9 Å². The Labute approximate surface area is 180 Å². The maximum absolute atomic E-state index is 8.36. The van der Waals surface area contributed by atoms with Gasteiger partial charge in [0.05, 0.1) is 17.5 Å². The molecule has 0 spiro atoms. The van der Waals surface area contributed by atoms with Crippen molar-refractivity contribution in [1.82, 2.24) is 19.9 Å². The van der Waals surface area contributed by atoms with Gasteiger partial charge in [-0.05, 0) is 29.7 Å². The molecule has 0 amide bonds. The lowest BCUT2D eigenvalue weighted by molar-refractivity contribution is -0.123. The number of aromatic nitrogens is 3. The Morgan fingerprint density at radius 3 is 2.40 bits per heavy atom. The van der Waals surface area contributed by atoms with Crippen LogP contribution in [0.3, 0.4) is 0 Å². The molecule has 30 heavy (non-hydrogen) atoms. The Hall–Kier alpha value is -2.97. The van der Waals surface area contributed by atoms with Crippen molar-refractivity contribution in [2.75, 3.05) is 0 Å². The molecule has 3 N–H and O–H groups in total. The number of pyridine rings is 1. The Morgan fingerprint density at radius 2 is 1.83 bits per heavy atom. The van der Waals surface area contributed by atoms with E-state index in [1.165, 1.54) is 0 Å². The summed E-state index contributed by atoms with van der Waals surface area (Å²) in [6.07, 6.45) is 5.67. The predicted molar refractivity (Wildman–Crippen MR) is 116 cm³/mol. The van der Waals surface area contributed by atoms with Gasteiger partial charge in [0.2, 0.25) is 0 Å². The van der Waals surface area contributed by atoms with Crippen molar-refractivity contribution in [3.05, 3.63) is 59.8 Å². The van der Waals surface area contributed by atoms with E-state index in [1.54, 1.807) is 0 Å². The zero-order valence-electron chi connectivity index (χ0n) is 17.2. The number of fused-ring (bicyclic) bond motifs is 1. The van der Waals surface area contributed by atoms with Crippen LogP contribution < -0.4 is 5.32 Å². The van der Waals surface area contributed by atoms with Crippen LogP contribution in [0.25, 0.3) is 10.9 Å². The Bertz CT molecular complexity index is 905. The summed E-state index contributed by atoms with van der Waals surface area (Å²) >= 11 is 6.03. The minimum Gasteiger partial charge on any atom is -0.483 e. The van der Waals surface area contributed by atoms with E-state index in [2.05, 4.69) is 47.8 Å². The van der Waals surface area contributed by atoms with E-state index in [-0.39, 0.29) is 18.4 Å². The molecule has 0 saturated carbocycles. The number of nitrogens with zero attached hydrogens (tertiary/aromatic N) is 3. The van der Waals surface area contributed by atoms with Crippen molar-refractivity contribution < 1.29 is 19.8 Å². The van der Waals surface area contributed by atoms with Gasteiger partial charge in [-0.1, -0.05) is 38.4 Å². The Morgan fingerprint density at radius 1 is 1.17 bits per heavy atom. The molecule has 3 rings (SSSR count). The molecule has 1 atom stereocenters. The van der Waals surface area contributed by atoms with E-state index in [9.17, 15) is 0 Å². The van der Waals surface area contributed by atoms with Crippen molar-refractivity contribution in [1.29, 1.82) is 0 Å². The first-order valence-corrected chi connectivity index (χ1v) is 9.53. The molecule has 2 heterocycles. The molecule has 0 aliphatic carbocycles. The average molecular weight is 435 g/mol. The maximum atomic E-state index is 8.36. The number of rotatable bonds is 5. The number of hydrogen-bond acceptors (Lipinski definition) is 5. The predicted octanol–water partition coefficient (Wildman–Crippen LogP) is 3.69. The number of carbonyl (C=O) groups is 2. The summed E-state index contributed by atoms with van der Waals surface area (Å²) in [5, 5.41) is 19.2. The smallest absolute Gasteiger partial charge is 0.290 e. The van der Waals surface area contributed by atoms with E-state index in [0.717, 1.165) is 34.7 Å². The monoisotopic (exact) mass is 434 g/mol. The number of halogens is 1. The highest BCUT2D eigenvalue weighted by atomic mass is 35.5. The molecule has 3 aromatic rings. The summed E-state index contributed by atoms with van der Waals surface area (Å²) in [6, 6.07) is 10.2. The summed E-state index contributed by atoms with van der Waals surface area (Å²) in [6.45, 7) is 7.86. The molecule has 162 valence electrons. The zero-order chi connectivity index (χ0) is 22.6. The zero-order valence-corrected chi connectivity index (χ0v) is 18.0. The van der Waals surface area contributed by atoms with Crippen LogP contribution in [0.15, 0.2) is 49.1 Å². The Balaban J connectivity index is 0.000000672. The fourth-order valence-electron chi connectivity index (χ4n) is 2.72. The SMILES string of the molecule is CC(C)(C)C(Cn1ccnc1)NCc1ccc2cc(Cl)ccc2n1.O=CO.O=CO. The molecule has 1 aromatic carbocycles. The fraction of sp³-hybridized carbons (Fsp3) is 0.333. The van der Waals surface area contributed by atoms with E-state index in [1.807, 2.05) is 36.9 Å². The molecular weight excluding hydrogens is 408 g/mol. The largest absolute Gasteiger partial charge is 0.483 e. The first-order valence-electron chi connectivity index (χ1n) is 9.15. The van der Waals surface area contributed by atoms with Gasteiger partial charge < -0.3 is 20.1 Å². The molecule has 0 aliphatic heterocycles. The summed E-state index contributed by atoms with van der Waals surface area (Å²) in [7, 11) is 0. The third-order valence-corrected chi connectivity index (χ3v) is 4.47. The number of benzene rings is 1. The first kappa shape index (κ1) is 25.1. The van der Waals surface area contributed by atoms with Crippen LogP contribution in [0.2, 0.25) is 5.02 Å². The summed E-state index contributed by atoms with van der Waals surface area (Å²) in [4.78, 5) is 25.6. The number of carboxylic acid groups (broad SMARTS) is 2. The molecule has 9 heteroatoms. The van der Waals surface area contributed by atoms with Gasteiger partial charge in [0.1, 0.15) is 0 Å². The van der Waals surface area contributed by atoms with Crippen molar-refractivity contribution in [2.24, 2.45) is 5.41 Å². The van der Waals surface area contributed by atoms with Crippen molar-refractivity contribution in [3.63, 3.8) is 0 Å². The highest BCUT2D eigenvalue weighted by Gasteiger charge is 2.24. The van der Waals surface area contributed by atoms with Crippen LogP contribution >= 0.6 is 11.6 Å². The standard InChI is InChI=1S/C19H23ClN4.2CH2O2/c1-19(2,3)18(12-24-9-8-21-13-24)22-11-16-6-4-14-10-15(20)5-7-17(14)23-16;2*2-1-3/h4-10,13,18,22H,11-12H2,1-3H3;2*1H,(H,2,3). The average Bonchev–Trinajstić information content (AvgIpc) is 3.19. The van der Waals surface area contributed by atoms with E-state index < -0.39 is 0 Å². The fourth-order valence-corrected chi connectivity index (χ4v) is 2.90. The molecule has 0 aliphatic rings. The van der Waals surface area contributed by atoms with Crippen molar-refractivity contribution in [3.8, 4) is 0 Å². The Kier molecular flexibility index (Phi) is 10.5. The van der Waals surface area contributed by atoms with Gasteiger partial charge in [-0.3, -0.25) is 14.6 Å². The van der Waals surface area contributed by atoms with Gasteiger partial charge >= 0.3 is 0 Å². The third-order valence-electron chi connectivity index (χ3n) is 4.24. The van der Waals surface area contributed by atoms with Crippen molar-refractivity contribution in [2.45, 2.75) is 39.9 Å². The van der Waals surface area contributed by atoms with Crippen LogP contribution in [0.5, 0.6) is 0 Å². The molecule has 0 fully saturated rings. The second kappa shape index (κ2) is 12.6. The normalized spacial score (nSPS) is 11.5. The first-order chi connectivity index (χ1) is 14.2. The van der Waals surface area contributed by atoms with Gasteiger partial charge in [-0.25, -0.2) is 4.98 Å². The van der Waals surface area contributed by atoms with Gasteiger partial charge in [-0.15, -0.1) is 0 Å². The van der Waals surface area contributed by atoms with Gasteiger partial charge in [0, 0.05) is 41.9 Å². The highest BCUT2D eigenvalue weighted by Crippen LogP contribution is 2.22. The van der Waals surface area contributed by atoms with Crippen molar-refractivity contribution >= 4 is 35.4 Å². The lowest BCUT2D eigenvalue weighted by Crippen LogP contribution is -2.43. The topological polar surface area (TPSA) is 117 Å². The quantitative estimate of drug-likeness (QED) is 0.524. The van der Waals surface area contributed by atoms with Crippen LogP contribution in [-0.2, 0) is 22.7 Å². The lowest BCUT2D eigenvalue weighted by atomic mass is 9.86. The molecule has 2 aromatic heterocycles. The van der Waals surface area contributed by atoms with Crippen LogP contribution in [0, 0.1) is 5.41 Å². The van der Waals surface area contributed by atoms with Gasteiger partial charge in [0.15, 0.2) is 0 Å². The molecule has 8 nitrogen and oxygen atoms in total. The number of hydrogen-bond donors (Lipinski definition) is 3. The molecule has 0 saturated heterocycles.